The minimum atomic E-state index is -0.424. The van der Waals surface area contributed by atoms with Gasteiger partial charge in [-0.05, 0) is 31.5 Å². The van der Waals surface area contributed by atoms with Crippen LogP contribution in [0.1, 0.15) is 27.3 Å². The van der Waals surface area contributed by atoms with Crippen LogP contribution >= 0.6 is 0 Å². The van der Waals surface area contributed by atoms with Gasteiger partial charge in [0.25, 0.3) is 5.91 Å². The van der Waals surface area contributed by atoms with Crippen LogP contribution < -0.4 is 5.32 Å². The van der Waals surface area contributed by atoms with Gasteiger partial charge in [0.05, 0.1) is 18.0 Å². The van der Waals surface area contributed by atoms with E-state index >= 15 is 0 Å². The number of aryl methyl sites for hydroxylation is 1. The molecule has 1 N–H and O–H groups in total. The quantitative estimate of drug-likeness (QED) is 0.518. The SMILES string of the molecule is C#CCNC(=O)c1ccc(Cn2nc(C)c([N+](=O)[O-])c2C)cc1. The molecule has 118 valence electrons. The molecule has 0 bridgehead atoms. The summed E-state index contributed by atoms with van der Waals surface area (Å²) in [4.78, 5) is 22.3. The second-order valence-electron chi connectivity index (χ2n) is 5.02. The third-order valence-corrected chi connectivity index (χ3v) is 3.43. The Labute approximate surface area is 133 Å². The molecule has 0 saturated heterocycles. The molecule has 0 spiro atoms. The molecule has 1 amide bonds. The van der Waals surface area contributed by atoms with Gasteiger partial charge in [0, 0.05) is 5.56 Å². The van der Waals surface area contributed by atoms with E-state index in [0.717, 1.165) is 5.56 Å². The predicted octanol–water partition coefficient (Wildman–Crippen LogP) is 1.82. The first-order chi connectivity index (χ1) is 10.9. The lowest BCUT2D eigenvalue weighted by molar-refractivity contribution is -0.386. The standard InChI is InChI=1S/C16H16N4O3/c1-4-9-17-16(21)14-7-5-13(6-8-14)10-19-12(3)15(20(22)23)11(2)18-19/h1,5-8H,9-10H2,2-3H3,(H,17,21). The van der Waals surface area contributed by atoms with E-state index in [1.165, 1.54) is 0 Å². The molecule has 1 aromatic carbocycles. The first-order valence-corrected chi connectivity index (χ1v) is 6.93. The summed E-state index contributed by atoms with van der Waals surface area (Å²) in [5.74, 6) is 2.10. The number of carbonyl (C=O) groups excluding carboxylic acids is 1. The van der Waals surface area contributed by atoms with E-state index in [0.29, 0.717) is 23.5 Å². The highest BCUT2D eigenvalue weighted by molar-refractivity contribution is 5.94. The summed E-state index contributed by atoms with van der Waals surface area (Å²) < 4.78 is 1.58. The molecule has 7 nitrogen and oxygen atoms in total. The fourth-order valence-electron chi connectivity index (χ4n) is 2.27. The molecule has 7 heteroatoms. The van der Waals surface area contributed by atoms with Crippen LogP contribution in [0.25, 0.3) is 0 Å². The molecule has 0 saturated carbocycles. The van der Waals surface area contributed by atoms with Crippen molar-refractivity contribution in [3.8, 4) is 12.3 Å². The summed E-state index contributed by atoms with van der Waals surface area (Å²) in [5.41, 5.74) is 2.32. The molecule has 0 aliphatic rings. The zero-order chi connectivity index (χ0) is 17.0. The molecule has 0 fully saturated rings. The van der Waals surface area contributed by atoms with Crippen LogP contribution in [-0.2, 0) is 6.54 Å². The highest BCUT2D eigenvalue weighted by Gasteiger charge is 2.21. The number of nitrogens with one attached hydrogen (secondary N) is 1. The Balaban J connectivity index is 2.16. The number of hydrogen-bond acceptors (Lipinski definition) is 4. The minimum Gasteiger partial charge on any atom is -0.341 e. The summed E-state index contributed by atoms with van der Waals surface area (Å²) in [5, 5.41) is 17.8. The Morgan fingerprint density at radius 3 is 2.57 bits per heavy atom. The number of nitrogens with zero attached hydrogens (tertiary/aromatic N) is 3. The van der Waals surface area contributed by atoms with E-state index in [9.17, 15) is 14.9 Å². The molecule has 0 radical (unpaired) electrons. The van der Waals surface area contributed by atoms with Crippen LogP contribution in [0.2, 0.25) is 0 Å². The van der Waals surface area contributed by atoms with Gasteiger partial charge in [0.15, 0.2) is 0 Å². The van der Waals surface area contributed by atoms with Crippen molar-refractivity contribution in [3.05, 3.63) is 56.9 Å². The summed E-state index contributed by atoms with van der Waals surface area (Å²) in [7, 11) is 0. The summed E-state index contributed by atoms with van der Waals surface area (Å²) in [6.07, 6.45) is 5.09. The van der Waals surface area contributed by atoms with Gasteiger partial charge < -0.3 is 5.32 Å². The van der Waals surface area contributed by atoms with E-state index in [4.69, 9.17) is 6.42 Å². The van der Waals surface area contributed by atoms with Gasteiger partial charge in [-0.1, -0.05) is 18.1 Å². The third kappa shape index (κ3) is 3.55. The summed E-state index contributed by atoms with van der Waals surface area (Å²) in [6, 6.07) is 6.93. The fourth-order valence-corrected chi connectivity index (χ4v) is 2.27. The highest BCUT2D eigenvalue weighted by atomic mass is 16.6. The van der Waals surface area contributed by atoms with Crippen LogP contribution in [0.3, 0.4) is 0 Å². The van der Waals surface area contributed by atoms with Crippen molar-refractivity contribution in [3.63, 3.8) is 0 Å². The Hall–Kier alpha value is -3.14. The lowest BCUT2D eigenvalue weighted by Crippen LogP contribution is -2.23. The van der Waals surface area contributed by atoms with Crippen LogP contribution in [0.15, 0.2) is 24.3 Å². The molecular formula is C16H16N4O3. The Kier molecular flexibility index (Phi) is 4.76. The number of benzene rings is 1. The number of amides is 1. The molecule has 2 rings (SSSR count). The average molecular weight is 312 g/mol. The van der Waals surface area contributed by atoms with Gasteiger partial charge in [0.1, 0.15) is 11.4 Å². The Morgan fingerprint density at radius 2 is 2.04 bits per heavy atom. The molecule has 1 heterocycles. The first-order valence-electron chi connectivity index (χ1n) is 6.93. The fraction of sp³-hybridized carbons (Fsp3) is 0.250. The number of rotatable bonds is 5. The van der Waals surface area contributed by atoms with Crippen molar-refractivity contribution < 1.29 is 9.72 Å². The monoisotopic (exact) mass is 312 g/mol. The summed E-state index contributed by atoms with van der Waals surface area (Å²) in [6.45, 7) is 3.85. The van der Waals surface area contributed by atoms with Crippen molar-refractivity contribution in [1.82, 2.24) is 15.1 Å². The molecule has 0 atom stereocenters. The molecule has 0 aliphatic heterocycles. The topological polar surface area (TPSA) is 90.1 Å². The number of aromatic nitrogens is 2. The first kappa shape index (κ1) is 16.2. The number of carbonyl (C=O) groups is 1. The van der Waals surface area contributed by atoms with Gasteiger partial charge in [-0.15, -0.1) is 6.42 Å². The lowest BCUT2D eigenvalue weighted by atomic mass is 10.1. The number of hydrogen-bond donors (Lipinski definition) is 1. The predicted molar refractivity (Wildman–Crippen MR) is 85.1 cm³/mol. The minimum absolute atomic E-state index is 0.0373. The Bertz CT molecular complexity index is 785. The maximum atomic E-state index is 11.8. The van der Waals surface area contributed by atoms with Crippen LogP contribution in [-0.4, -0.2) is 27.2 Å². The van der Waals surface area contributed by atoms with Crippen molar-refractivity contribution >= 4 is 11.6 Å². The van der Waals surface area contributed by atoms with E-state index < -0.39 is 4.92 Å². The van der Waals surface area contributed by atoms with Crippen molar-refractivity contribution in [2.45, 2.75) is 20.4 Å². The molecule has 0 aliphatic carbocycles. The summed E-state index contributed by atoms with van der Waals surface area (Å²) >= 11 is 0. The molecule has 23 heavy (non-hydrogen) atoms. The molecule has 0 unspecified atom stereocenters. The van der Waals surface area contributed by atoms with Crippen molar-refractivity contribution in [2.75, 3.05) is 6.54 Å². The van der Waals surface area contributed by atoms with Gasteiger partial charge in [0.2, 0.25) is 0 Å². The maximum Gasteiger partial charge on any atom is 0.312 e. The number of terminal acetylenes is 1. The maximum absolute atomic E-state index is 11.8. The van der Waals surface area contributed by atoms with Gasteiger partial charge in [-0.3, -0.25) is 19.6 Å². The highest BCUT2D eigenvalue weighted by Crippen LogP contribution is 2.22. The van der Waals surface area contributed by atoms with Crippen molar-refractivity contribution in [2.24, 2.45) is 0 Å². The second kappa shape index (κ2) is 6.75. The van der Waals surface area contributed by atoms with Crippen LogP contribution in [0, 0.1) is 36.3 Å². The van der Waals surface area contributed by atoms with E-state index in [1.807, 2.05) is 0 Å². The second-order valence-corrected chi connectivity index (χ2v) is 5.02. The van der Waals surface area contributed by atoms with E-state index in [-0.39, 0.29) is 18.1 Å². The molecular weight excluding hydrogens is 296 g/mol. The van der Waals surface area contributed by atoms with Gasteiger partial charge in [-0.25, -0.2) is 0 Å². The molecule has 2 aromatic rings. The normalized spacial score (nSPS) is 10.1. The van der Waals surface area contributed by atoms with Crippen molar-refractivity contribution in [1.29, 1.82) is 0 Å². The van der Waals surface area contributed by atoms with Gasteiger partial charge >= 0.3 is 5.69 Å². The van der Waals surface area contributed by atoms with Gasteiger partial charge in [-0.2, -0.15) is 5.10 Å². The average Bonchev–Trinajstić information content (AvgIpc) is 2.79. The zero-order valence-electron chi connectivity index (χ0n) is 12.9. The largest absolute Gasteiger partial charge is 0.341 e. The zero-order valence-corrected chi connectivity index (χ0v) is 12.9. The smallest absolute Gasteiger partial charge is 0.312 e. The Morgan fingerprint density at radius 1 is 1.39 bits per heavy atom. The van der Waals surface area contributed by atoms with E-state index in [2.05, 4.69) is 16.3 Å². The van der Waals surface area contributed by atoms with Crippen LogP contribution in [0.4, 0.5) is 5.69 Å². The van der Waals surface area contributed by atoms with E-state index in [1.54, 1.807) is 42.8 Å². The van der Waals surface area contributed by atoms with Crippen LogP contribution in [0.5, 0.6) is 0 Å². The molecule has 1 aromatic heterocycles. The lowest BCUT2D eigenvalue weighted by Gasteiger charge is -2.06. The number of nitro groups is 1. The third-order valence-electron chi connectivity index (χ3n) is 3.43.